The number of fused-ring (bicyclic) bond motifs is 1. The number of halogens is 1. The first-order valence-electron chi connectivity index (χ1n) is 4.67. The minimum absolute atomic E-state index is 0.120. The van der Waals surface area contributed by atoms with Gasteiger partial charge in [-0.3, -0.25) is 14.9 Å². The number of ether oxygens (including phenoxy) is 1. The molecule has 6 heteroatoms. The first kappa shape index (κ1) is 11.1. The summed E-state index contributed by atoms with van der Waals surface area (Å²) >= 11 is 3.08. The average molecular weight is 286 g/mol. The minimum atomic E-state index is -0.532. The lowest BCUT2D eigenvalue weighted by Crippen LogP contribution is -2.24. The second-order valence-electron chi connectivity index (χ2n) is 3.61. The molecule has 0 saturated heterocycles. The second kappa shape index (κ2) is 3.86. The monoisotopic (exact) mass is 285 g/mol. The van der Waals surface area contributed by atoms with Crippen LogP contribution in [-0.4, -0.2) is 16.8 Å². The fraction of sp³-hybridized carbons (Fsp3) is 0.300. The summed E-state index contributed by atoms with van der Waals surface area (Å²) in [6.07, 6.45) is 0.0690. The molecule has 1 aliphatic heterocycles. The van der Waals surface area contributed by atoms with E-state index in [0.29, 0.717) is 10.2 Å². The normalized spacial score (nSPS) is 18.9. The first-order valence-corrected chi connectivity index (χ1v) is 5.46. The molecule has 0 bridgehead atoms. The van der Waals surface area contributed by atoms with E-state index >= 15 is 0 Å². The molecule has 0 amide bonds. The number of rotatable bonds is 1. The third-order valence-corrected chi connectivity index (χ3v) is 2.98. The number of nitro groups is 1. The Kier molecular flexibility index (Phi) is 2.67. The third kappa shape index (κ3) is 1.80. The number of benzene rings is 1. The molecule has 0 aromatic heterocycles. The molecule has 1 aromatic rings. The number of ketones is 1. The molecule has 1 atom stereocenters. The van der Waals surface area contributed by atoms with Crippen molar-refractivity contribution in [3.63, 3.8) is 0 Å². The minimum Gasteiger partial charge on any atom is -0.489 e. The predicted octanol–water partition coefficient (Wildman–Crippen LogP) is 2.71. The van der Waals surface area contributed by atoms with Crippen LogP contribution in [0.4, 0.5) is 5.69 Å². The molecule has 0 spiro atoms. The molecule has 0 N–H and O–H groups in total. The van der Waals surface area contributed by atoms with E-state index in [1.807, 2.05) is 0 Å². The van der Waals surface area contributed by atoms with Crippen LogP contribution < -0.4 is 4.74 Å². The van der Waals surface area contributed by atoms with E-state index < -0.39 is 4.92 Å². The maximum absolute atomic E-state index is 11.7. The van der Waals surface area contributed by atoms with Crippen molar-refractivity contribution >= 4 is 27.4 Å². The lowest BCUT2D eigenvalue weighted by Gasteiger charge is -2.22. The number of nitro benzene ring substituents is 1. The molecular formula is C10H8BrNO4. The van der Waals surface area contributed by atoms with Gasteiger partial charge in [-0.25, -0.2) is 0 Å². The van der Waals surface area contributed by atoms with Gasteiger partial charge >= 0.3 is 0 Å². The van der Waals surface area contributed by atoms with E-state index in [4.69, 9.17) is 4.74 Å². The van der Waals surface area contributed by atoms with Crippen LogP contribution in [0.25, 0.3) is 0 Å². The Morgan fingerprint density at radius 1 is 1.56 bits per heavy atom. The molecule has 1 aliphatic rings. The van der Waals surface area contributed by atoms with Crippen LogP contribution in [0, 0.1) is 10.1 Å². The van der Waals surface area contributed by atoms with E-state index in [0.717, 1.165) is 0 Å². The van der Waals surface area contributed by atoms with Crippen LogP contribution in [0.5, 0.6) is 5.75 Å². The fourth-order valence-electron chi connectivity index (χ4n) is 1.63. The maximum Gasteiger partial charge on any atom is 0.284 e. The summed E-state index contributed by atoms with van der Waals surface area (Å²) in [7, 11) is 0. The molecule has 84 valence electrons. The predicted molar refractivity (Wildman–Crippen MR) is 59.8 cm³/mol. The van der Waals surface area contributed by atoms with Crippen molar-refractivity contribution in [3.8, 4) is 5.75 Å². The van der Waals surface area contributed by atoms with Gasteiger partial charge < -0.3 is 4.74 Å². The fourth-order valence-corrected chi connectivity index (χ4v) is 2.10. The van der Waals surface area contributed by atoms with Gasteiger partial charge in [0.2, 0.25) is 0 Å². The molecule has 2 rings (SSSR count). The highest BCUT2D eigenvalue weighted by atomic mass is 79.9. The number of carbonyl (C=O) groups excluding carboxylic acids is 1. The molecule has 0 fully saturated rings. The maximum atomic E-state index is 11.7. The second-order valence-corrected chi connectivity index (χ2v) is 4.47. The summed E-state index contributed by atoms with van der Waals surface area (Å²) in [4.78, 5) is 21.8. The van der Waals surface area contributed by atoms with E-state index in [9.17, 15) is 14.9 Å². The molecule has 0 aliphatic carbocycles. The van der Waals surface area contributed by atoms with Crippen LogP contribution in [0.1, 0.15) is 23.7 Å². The SMILES string of the molecule is CC1CC(=O)c2cc([N+](=O)[O-])c(Br)cc2O1. The molecule has 1 aromatic carbocycles. The molecule has 16 heavy (non-hydrogen) atoms. The third-order valence-electron chi connectivity index (χ3n) is 2.35. The number of hydrogen-bond acceptors (Lipinski definition) is 4. The Morgan fingerprint density at radius 3 is 2.88 bits per heavy atom. The van der Waals surface area contributed by atoms with Gasteiger partial charge in [0.25, 0.3) is 5.69 Å². The largest absolute Gasteiger partial charge is 0.489 e. The Hall–Kier alpha value is -1.43. The van der Waals surface area contributed by atoms with E-state index in [1.165, 1.54) is 12.1 Å². The van der Waals surface area contributed by atoms with E-state index in [1.54, 1.807) is 6.92 Å². The van der Waals surface area contributed by atoms with Crippen LogP contribution in [-0.2, 0) is 0 Å². The summed E-state index contributed by atoms with van der Waals surface area (Å²) in [6.45, 7) is 1.79. The summed E-state index contributed by atoms with van der Waals surface area (Å²) in [5.74, 6) is 0.283. The van der Waals surface area contributed by atoms with Crippen LogP contribution in [0.2, 0.25) is 0 Å². The highest BCUT2D eigenvalue weighted by molar-refractivity contribution is 9.10. The standard InChI is InChI=1S/C10H8BrNO4/c1-5-2-9(13)6-3-8(12(14)15)7(11)4-10(6)16-5/h3-5H,2H2,1H3. The van der Waals surface area contributed by atoms with Crippen molar-refractivity contribution < 1.29 is 14.5 Å². The van der Waals surface area contributed by atoms with Crippen molar-refractivity contribution in [3.05, 3.63) is 32.3 Å². The number of carbonyl (C=O) groups is 1. The topological polar surface area (TPSA) is 69.4 Å². The number of Topliss-reactive ketones (excluding diaryl/α,β-unsaturated/α-hetero) is 1. The molecular weight excluding hydrogens is 278 g/mol. The van der Waals surface area contributed by atoms with E-state index in [2.05, 4.69) is 15.9 Å². The average Bonchev–Trinajstić information content (AvgIpc) is 2.15. The first-order chi connectivity index (χ1) is 7.49. The van der Waals surface area contributed by atoms with Crippen molar-refractivity contribution in [2.75, 3.05) is 0 Å². The molecule has 5 nitrogen and oxygen atoms in total. The van der Waals surface area contributed by atoms with Crippen molar-refractivity contribution in [1.29, 1.82) is 0 Å². The van der Waals surface area contributed by atoms with Crippen LogP contribution in [0.15, 0.2) is 16.6 Å². The molecule has 1 unspecified atom stereocenters. The van der Waals surface area contributed by atoms with E-state index in [-0.39, 0.29) is 29.6 Å². The zero-order valence-corrected chi connectivity index (χ0v) is 9.98. The number of nitrogens with zero attached hydrogens (tertiary/aromatic N) is 1. The lowest BCUT2D eigenvalue weighted by atomic mass is 10.0. The van der Waals surface area contributed by atoms with Crippen molar-refractivity contribution in [1.82, 2.24) is 0 Å². The highest BCUT2D eigenvalue weighted by Gasteiger charge is 2.27. The Bertz CT molecular complexity index is 486. The highest BCUT2D eigenvalue weighted by Crippen LogP contribution is 2.36. The van der Waals surface area contributed by atoms with Crippen molar-refractivity contribution in [2.45, 2.75) is 19.4 Å². The molecule has 0 saturated carbocycles. The summed E-state index contributed by atoms with van der Waals surface area (Å²) in [6, 6.07) is 2.73. The molecule has 1 heterocycles. The van der Waals surface area contributed by atoms with Crippen LogP contribution >= 0.6 is 15.9 Å². The van der Waals surface area contributed by atoms with Gasteiger partial charge in [-0.2, -0.15) is 0 Å². The Balaban J connectivity index is 2.57. The summed E-state index contributed by atoms with van der Waals surface area (Å²) < 4.78 is 5.76. The van der Waals surface area contributed by atoms with Gasteiger partial charge in [0, 0.05) is 18.6 Å². The zero-order chi connectivity index (χ0) is 11.9. The van der Waals surface area contributed by atoms with Gasteiger partial charge in [0.05, 0.1) is 15.0 Å². The van der Waals surface area contributed by atoms with Gasteiger partial charge in [0.1, 0.15) is 11.9 Å². The van der Waals surface area contributed by atoms with Gasteiger partial charge in [-0.05, 0) is 22.9 Å². The number of hydrogen-bond donors (Lipinski definition) is 0. The Labute approximate surface area is 99.7 Å². The van der Waals surface area contributed by atoms with Gasteiger partial charge in [-0.15, -0.1) is 0 Å². The molecule has 0 radical (unpaired) electrons. The summed E-state index contributed by atoms with van der Waals surface area (Å²) in [5.41, 5.74) is 0.165. The summed E-state index contributed by atoms with van der Waals surface area (Å²) in [5, 5.41) is 10.7. The van der Waals surface area contributed by atoms with Gasteiger partial charge in [0.15, 0.2) is 5.78 Å². The quantitative estimate of drug-likeness (QED) is 0.588. The van der Waals surface area contributed by atoms with Gasteiger partial charge in [-0.1, -0.05) is 0 Å². The zero-order valence-electron chi connectivity index (χ0n) is 8.40. The Morgan fingerprint density at radius 2 is 2.25 bits per heavy atom. The lowest BCUT2D eigenvalue weighted by molar-refractivity contribution is -0.385. The smallest absolute Gasteiger partial charge is 0.284 e. The van der Waals surface area contributed by atoms with Crippen LogP contribution in [0.3, 0.4) is 0 Å². The van der Waals surface area contributed by atoms with Crippen molar-refractivity contribution in [2.24, 2.45) is 0 Å².